The summed E-state index contributed by atoms with van der Waals surface area (Å²) in [7, 11) is 1.70. The van der Waals surface area contributed by atoms with Gasteiger partial charge < -0.3 is 15.1 Å². The van der Waals surface area contributed by atoms with Crippen LogP contribution in [-0.2, 0) is 0 Å². The van der Waals surface area contributed by atoms with Crippen molar-refractivity contribution in [2.45, 2.75) is 19.3 Å². The molecule has 4 rings (SSSR count). The van der Waals surface area contributed by atoms with Crippen molar-refractivity contribution in [1.82, 2.24) is 0 Å². The highest BCUT2D eigenvalue weighted by molar-refractivity contribution is 6.07. The zero-order valence-corrected chi connectivity index (χ0v) is 18.9. The molecule has 0 aromatic heterocycles. The molecule has 1 heterocycles. The Morgan fingerprint density at radius 2 is 1.56 bits per heavy atom. The quantitative estimate of drug-likeness (QED) is 0.409. The Hall–Kier alpha value is -4.20. The van der Waals surface area contributed by atoms with Gasteiger partial charge in [0.15, 0.2) is 0 Å². The molecule has 8 heteroatoms. The highest BCUT2D eigenvalue weighted by Gasteiger charge is 2.23. The summed E-state index contributed by atoms with van der Waals surface area (Å²) in [4.78, 5) is 40.3. The van der Waals surface area contributed by atoms with E-state index < -0.39 is 10.8 Å². The lowest BCUT2D eigenvalue weighted by atomic mass is 10.1. The standard InChI is InChI=1S/C26H26N4O4/c1-28(22-8-4-2-5-9-22)26(32)19-10-13-21(14-11-19)27-25(31)20-12-15-23(24(18-20)30(33)34)29-16-6-3-7-17-29/h2,4-5,8-15,18H,3,6-7,16-17H2,1H3,(H,27,31). The molecule has 0 unspecified atom stereocenters. The molecule has 1 aliphatic heterocycles. The minimum absolute atomic E-state index is 0.0700. The van der Waals surface area contributed by atoms with E-state index in [-0.39, 0.29) is 17.2 Å². The van der Waals surface area contributed by atoms with Gasteiger partial charge in [0.2, 0.25) is 0 Å². The Bertz CT molecular complexity index is 1190. The number of carbonyl (C=O) groups excluding carboxylic acids is 2. The molecule has 0 saturated carbocycles. The summed E-state index contributed by atoms with van der Waals surface area (Å²) in [5.74, 6) is -0.623. The van der Waals surface area contributed by atoms with E-state index in [0.29, 0.717) is 16.9 Å². The van der Waals surface area contributed by atoms with E-state index in [1.807, 2.05) is 35.2 Å². The molecule has 0 spiro atoms. The maximum Gasteiger partial charge on any atom is 0.293 e. The molecule has 8 nitrogen and oxygen atoms in total. The van der Waals surface area contributed by atoms with Crippen LogP contribution in [0.3, 0.4) is 0 Å². The number of hydrogen-bond acceptors (Lipinski definition) is 5. The number of carbonyl (C=O) groups is 2. The molecule has 0 radical (unpaired) electrons. The van der Waals surface area contributed by atoms with Gasteiger partial charge in [-0.1, -0.05) is 18.2 Å². The predicted octanol–water partition coefficient (Wildman–Crippen LogP) is 5.11. The Labute approximate surface area is 198 Å². The third-order valence-corrected chi connectivity index (χ3v) is 5.97. The van der Waals surface area contributed by atoms with Crippen LogP contribution in [0.15, 0.2) is 72.8 Å². The van der Waals surface area contributed by atoms with Crippen LogP contribution in [0.25, 0.3) is 0 Å². The maximum atomic E-state index is 12.8. The van der Waals surface area contributed by atoms with Gasteiger partial charge in [-0.2, -0.15) is 0 Å². The zero-order valence-electron chi connectivity index (χ0n) is 18.9. The van der Waals surface area contributed by atoms with Crippen LogP contribution in [0.1, 0.15) is 40.0 Å². The summed E-state index contributed by atoms with van der Waals surface area (Å²) in [5, 5.41) is 14.4. The van der Waals surface area contributed by atoms with Crippen molar-refractivity contribution < 1.29 is 14.5 Å². The van der Waals surface area contributed by atoms with Gasteiger partial charge in [-0.15, -0.1) is 0 Å². The summed E-state index contributed by atoms with van der Waals surface area (Å²) in [6.07, 6.45) is 3.12. The molecular weight excluding hydrogens is 432 g/mol. The molecular formula is C26H26N4O4. The molecule has 0 atom stereocenters. The van der Waals surface area contributed by atoms with Gasteiger partial charge in [0.1, 0.15) is 5.69 Å². The fraction of sp³-hybridized carbons (Fsp3) is 0.231. The summed E-state index contributed by atoms with van der Waals surface area (Å²) >= 11 is 0. The second kappa shape index (κ2) is 10.2. The van der Waals surface area contributed by atoms with Crippen molar-refractivity contribution in [1.29, 1.82) is 0 Å². The fourth-order valence-electron chi connectivity index (χ4n) is 4.08. The summed E-state index contributed by atoms with van der Waals surface area (Å²) in [6.45, 7) is 1.55. The summed E-state index contributed by atoms with van der Waals surface area (Å²) in [5.41, 5.74) is 2.43. The van der Waals surface area contributed by atoms with Gasteiger partial charge >= 0.3 is 0 Å². The Balaban J connectivity index is 1.46. The topological polar surface area (TPSA) is 95.8 Å². The molecule has 1 saturated heterocycles. The Morgan fingerprint density at radius 1 is 0.912 bits per heavy atom. The first-order valence-electron chi connectivity index (χ1n) is 11.2. The van der Waals surface area contributed by atoms with Crippen molar-refractivity contribution in [3.05, 3.63) is 94.0 Å². The van der Waals surface area contributed by atoms with E-state index in [0.717, 1.165) is 38.0 Å². The predicted molar refractivity (Wildman–Crippen MR) is 133 cm³/mol. The largest absolute Gasteiger partial charge is 0.366 e. The lowest BCUT2D eigenvalue weighted by Gasteiger charge is -2.28. The molecule has 0 aliphatic carbocycles. The lowest BCUT2D eigenvalue weighted by Crippen LogP contribution is -2.30. The molecule has 1 fully saturated rings. The number of nitro benzene ring substituents is 1. The first-order valence-corrected chi connectivity index (χ1v) is 11.2. The van der Waals surface area contributed by atoms with Crippen molar-refractivity contribution >= 4 is 34.6 Å². The monoisotopic (exact) mass is 458 g/mol. The molecule has 0 bridgehead atoms. The second-order valence-corrected chi connectivity index (χ2v) is 8.24. The first-order chi connectivity index (χ1) is 16.4. The molecule has 2 amide bonds. The second-order valence-electron chi connectivity index (χ2n) is 8.24. The number of para-hydroxylation sites is 1. The van der Waals surface area contributed by atoms with Gasteiger partial charge in [-0.3, -0.25) is 19.7 Å². The summed E-state index contributed by atoms with van der Waals surface area (Å²) < 4.78 is 0. The van der Waals surface area contributed by atoms with Crippen LogP contribution in [0, 0.1) is 10.1 Å². The number of amides is 2. The average Bonchev–Trinajstić information content (AvgIpc) is 2.89. The van der Waals surface area contributed by atoms with E-state index in [4.69, 9.17) is 0 Å². The van der Waals surface area contributed by atoms with E-state index >= 15 is 0 Å². The third-order valence-electron chi connectivity index (χ3n) is 5.97. The molecule has 1 N–H and O–H groups in total. The average molecular weight is 459 g/mol. The molecule has 34 heavy (non-hydrogen) atoms. The van der Waals surface area contributed by atoms with Crippen LogP contribution >= 0.6 is 0 Å². The van der Waals surface area contributed by atoms with Crippen LogP contribution in [0.4, 0.5) is 22.7 Å². The summed E-state index contributed by atoms with van der Waals surface area (Å²) in [6, 6.07) is 20.5. The molecule has 174 valence electrons. The Kier molecular flexibility index (Phi) is 6.87. The smallest absolute Gasteiger partial charge is 0.293 e. The van der Waals surface area contributed by atoms with Crippen molar-refractivity contribution in [3.63, 3.8) is 0 Å². The van der Waals surface area contributed by atoms with Gasteiger partial charge in [0.25, 0.3) is 17.5 Å². The number of nitrogens with one attached hydrogen (secondary N) is 1. The number of rotatable bonds is 6. The minimum atomic E-state index is -0.450. The highest BCUT2D eigenvalue weighted by Crippen LogP contribution is 2.31. The van der Waals surface area contributed by atoms with E-state index in [9.17, 15) is 19.7 Å². The fourth-order valence-corrected chi connectivity index (χ4v) is 4.08. The van der Waals surface area contributed by atoms with Gasteiger partial charge in [-0.25, -0.2) is 0 Å². The van der Waals surface area contributed by atoms with E-state index in [1.54, 1.807) is 48.3 Å². The van der Waals surface area contributed by atoms with Gasteiger partial charge in [-0.05, 0) is 67.8 Å². The number of nitro groups is 1. The number of piperidine rings is 1. The normalized spacial score (nSPS) is 13.3. The van der Waals surface area contributed by atoms with Crippen LogP contribution in [-0.4, -0.2) is 36.9 Å². The lowest BCUT2D eigenvalue weighted by molar-refractivity contribution is -0.384. The Morgan fingerprint density at radius 3 is 2.21 bits per heavy atom. The molecule has 3 aromatic rings. The van der Waals surface area contributed by atoms with E-state index in [2.05, 4.69) is 5.32 Å². The third kappa shape index (κ3) is 5.06. The maximum absolute atomic E-state index is 12.8. The van der Waals surface area contributed by atoms with Crippen molar-refractivity contribution in [2.24, 2.45) is 0 Å². The number of nitrogens with zero attached hydrogens (tertiary/aromatic N) is 3. The van der Waals surface area contributed by atoms with Gasteiger partial charge in [0, 0.05) is 48.7 Å². The highest BCUT2D eigenvalue weighted by atomic mass is 16.6. The SMILES string of the molecule is CN(C(=O)c1ccc(NC(=O)c2ccc(N3CCCCC3)c([N+](=O)[O-])c2)cc1)c1ccccc1. The van der Waals surface area contributed by atoms with Crippen LogP contribution < -0.4 is 15.1 Å². The zero-order chi connectivity index (χ0) is 24.1. The molecule has 3 aromatic carbocycles. The number of benzene rings is 3. The molecule has 1 aliphatic rings. The number of hydrogen-bond donors (Lipinski definition) is 1. The van der Waals surface area contributed by atoms with E-state index in [1.165, 1.54) is 6.07 Å². The van der Waals surface area contributed by atoms with Crippen LogP contribution in [0.2, 0.25) is 0 Å². The van der Waals surface area contributed by atoms with Crippen molar-refractivity contribution in [2.75, 3.05) is 35.3 Å². The van der Waals surface area contributed by atoms with Gasteiger partial charge in [0.05, 0.1) is 4.92 Å². The van der Waals surface area contributed by atoms with Crippen molar-refractivity contribution in [3.8, 4) is 0 Å². The first kappa shape index (κ1) is 23.0. The number of anilines is 3. The minimum Gasteiger partial charge on any atom is -0.366 e. The van der Waals surface area contributed by atoms with Crippen LogP contribution in [0.5, 0.6) is 0 Å².